The average molecular weight is 434 g/mol. The molecular formula is C24H26N4O4. The van der Waals surface area contributed by atoms with Crippen LogP contribution in [0.15, 0.2) is 42.5 Å². The maximum Gasteiger partial charge on any atom is 0.325 e. The van der Waals surface area contributed by atoms with E-state index in [2.05, 4.69) is 16.0 Å². The van der Waals surface area contributed by atoms with Crippen LogP contribution in [-0.4, -0.2) is 41.7 Å². The molecule has 5 amide bonds. The van der Waals surface area contributed by atoms with Gasteiger partial charge in [-0.25, -0.2) is 4.79 Å². The highest BCUT2D eigenvalue weighted by Gasteiger charge is 2.49. The van der Waals surface area contributed by atoms with Crippen LogP contribution in [-0.2, 0) is 28.0 Å². The Hall–Kier alpha value is -3.68. The van der Waals surface area contributed by atoms with Crippen molar-refractivity contribution < 1.29 is 19.2 Å². The SMILES string of the molecule is CCNC(=O)c1cccc(NC(=O)CN2C(=O)NC(C)(c3ccc4c(c3)CCC4)C2=O)c1. The molecule has 0 radical (unpaired) electrons. The van der Waals surface area contributed by atoms with E-state index in [-0.39, 0.29) is 5.91 Å². The zero-order valence-corrected chi connectivity index (χ0v) is 18.2. The van der Waals surface area contributed by atoms with Crippen molar-refractivity contribution in [1.29, 1.82) is 0 Å². The van der Waals surface area contributed by atoms with E-state index >= 15 is 0 Å². The predicted molar refractivity (Wildman–Crippen MR) is 119 cm³/mol. The summed E-state index contributed by atoms with van der Waals surface area (Å²) in [7, 11) is 0. The first-order valence-corrected chi connectivity index (χ1v) is 10.8. The topological polar surface area (TPSA) is 108 Å². The summed E-state index contributed by atoms with van der Waals surface area (Å²) in [6, 6.07) is 11.7. The van der Waals surface area contributed by atoms with Gasteiger partial charge in [-0.3, -0.25) is 19.3 Å². The maximum absolute atomic E-state index is 13.2. The van der Waals surface area contributed by atoms with Crippen LogP contribution in [0.4, 0.5) is 10.5 Å². The molecule has 2 aliphatic rings. The zero-order valence-electron chi connectivity index (χ0n) is 18.2. The third kappa shape index (κ3) is 3.95. The van der Waals surface area contributed by atoms with Gasteiger partial charge in [-0.15, -0.1) is 0 Å². The summed E-state index contributed by atoms with van der Waals surface area (Å²) in [5, 5.41) is 8.10. The third-order valence-electron chi connectivity index (χ3n) is 6.00. The van der Waals surface area contributed by atoms with Gasteiger partial charge in [0.1, 0.15) is 12.1 Å². The second kappa shape index (κ2) is 8.45. The van der Waals surface area contributed by atoms with E-state index in [4.69, 9.17) is 0 Å². The first kappa shape index (κ1) is 21.5. The Labute approximate surface area is 186 Å². The van der Waals surface area contributed by atoms with E-state index in [1.807, 2.05) is 25.1 Å². The van der Waals surface area contributed by atoms with E-state index in [1.54, 1.807) is 31.2 Å². The number of amides is 5. The molecule has 8 heteroatoms. The molecule has 2 aromatic rings. The Bertz CT molecular complexity index is 1110. The molecule has 1 fully saturated rings. The van der Waals surface area contributed by atoms with Gasteiger partial charge in [-0.1, -0.05) is 24.3 Å². The Morgan fingerprint density at radius 1 is 1.09 bits per heavy atom. The van der Waals surface area contributed by atoms with Crippen molar-refractivity contribution in [2.75, 3.05) is 18.4 Å². The van der Waals surface area contributed by atoms with E-state index in [1.165, 1.54) is 11.1 Å². The standard InChI is InChI=1S/C24H26N4O4/c1-3-25-21(30)17-8-5-9-19(13-17)26-20(29)14-28-22(31)24(2,27-23(28)32)18-11-10-15-6-4-7-16(15)12-18/h5,8-13H,3-4,6-7,14H2,1-2H3,(H,25,30)(H,26,29)(H,27,32). The van der Waals surface area contributed by atoms with Crippen molar-refractivity contribution in [3.05, 3.63) is 64.7 Å². The van der Waals surface area contributed by atoms with Crippen LogP contribution in [0.2, 0.25) is 0 Å². The van der Waals surface area contributed by atoms with Crippen molar-refractivity contribution in [3.8, 4) is 0 Å². The molecule has 0 saturated carbocycles. The van der Waals surface area contributed by atoms with Gasteiger partial charge in [-0.05, 0) is 68.0 Å². The number of urea groups is 1. The van der Waals surface area contributed by atoms with Crippen molar-refractivity contribution >= 4 is 29.4 Å². The van der Waals surface area contributed by atoms with Crippen molar-refractivity contribution in [2.45, 2.75) is 38.6 Å². The van der Waals surface area contributed by atoms with Crippen LogP contribution >= 0.6 is 0 Å². The van der Waals surface area contributed by atoms with E-state index < -0.39 is 29.9 Å². The molecule has 0 spiro atoms. The third-order valence-corrected chi connectivity index (χ3v) is 6.00. The number of carbonyl (C=O) groups excluding carboxylic acids is 4. The fraction of sp³-hybridized carbons (Fsp3) is 0.333. The minimum atomic E-state index is -1.22. The summed E-state index contributed by atoms with van der Waals surface area (Å²) >= 11 is 0. The van der Waals surface area contributed by atoms with Gasteiger partial charge in [0, 0.05) is 17.8 Å². The number of nitrogens with zero attached hydrogens (tertiary/aromatic N) is 1. The summed E-state index contributed by atoms with van der Waals surface area (Å²) in [4.78, 5) is 51.2. The number of hydrogen-bond acceptors (Lipinski definition) is 4. The number of hydrogen-bond donors (Lipinski definition) is 3. The Morgan fingerprint density at radius 3 is 2.66 bits per heavy atom. The molecule has 8 nitrogen and oxygen atoms in total. The van der Waals surface area contributed by atoms with Crippen LogP contribution in [0, 0.1) is 0 Å². The first-order chi connectivity index (χ1) is 15.3. The minimum absolute atomic E-state index is 0.247. The summed E-state index contributed by atoms with van der Waals surface area (Å²) in [6.45, 7) is 3.55. The number of imide groups is 1. The second-order valence-corrected chi connectivity index (χ2v) is 8.27. The van der Waals surface area contributed by atoms with E-state index in [0.717, 1.165) is 24.2 Å². The van der Waals surface area contributed by atoms with Gasteiger partial charge >= 0.3 is 6.03 Å². The number of anilines is 1. The highest BCUT2D eigenvalue weighted by molar-refractivity contribution is 6.10. The Balaban J connectivity index is 1.46. The highest BCUT2D eigenvalue weighted by Crippen LogP contribution is 2.32. The van der Waals surface area contributed by atoms with Gasteiger partial charge in [0.15, 0.2) is 0 Å². The van der Waals surface area contributed by atoms with E-state index in [9.17, 15) is 19.2 Å². The average Bonchev–Trinajstić information content (AvgIpc) is 3.32. The van der Waals surface area contributed by atoms with E-state index in [0.29, 0.717) is 23.4 Å². The molecule has 3 N–H and O–H groups in total. The molecular weight excluding hydrogens is 408 g/mol. The number of fused-ring (bicyclic) bond motifs is 1. The van der Waals surface area contributed by atoms with Crippen molar-refractivity contribution in [3.63, 3.8) is 0 Å². The molecule has 1 aliphatic heterocycles. The molecule has 1 unspecified atom stereocenters. The van der Waals surface area contributed by atoms with Gasteiger partial charge in [0.2, 0.25) is 5.91 Å². The monoisotopic (exact) mass is 434 g/mol. The molecule has 0 bridgehead atoms. The fourth-order valence-corrected chi connectivity index (χ4v) is 4.26. The first-order valence-electron chi connectivity index (χ1n) is 10.8. The number of benzene rings is 2. The normalized spacial score (nSPS) is 19.5. The predicted octanol–water partition coefficient (Wildman–Crippen LogP) is 2.33. The second-order valence-electron chi connectivity index (χ2n) is 8.27. The van der Waals surface area contributed by atoms with Gasteiger partial charge in [0.25, 0.3) is 11.8 Å². The van der Waals surface area contributed by atoms with Crippen LogP contribution in [0.25, 0.3) is 0 Å². The quantitative estimate of drug-likeness (QED) is 0.607. The van der Waals surface area contributed by atoms with Gasteiger partial charge in [-0.2, -0.15) is 0 Å². The molecule has 1 saturated heterocycles. The highest BCUT2D eigenvalue weighted by atomic mass is 16.2. The summed E-state index contributed by atoms with van der Waals surface area (Å²) in [5.74, 6) is -1.24. The summed E-state index contributed by atoms with van der Waals surface area (Å²) in [5.41, 5.74) is 2.80. The Morgan fingerprint density at radius 2 is 1.88 bits per heavy atom. The molecule has 0 aromatic heterocycles. The summed E-state index contributed by atoms with van der Waals surface area (Å²) < 4.78 is 0. The smallest absolute Gasteiger partial charge is 0.325 e. The Kier molecular flexibility index (Phi) is 5.69. The summed E-state index contributed by atoms with van der Waals surface area (Å²) in [6.07, 6.45) is 3.08. The largest absolute Gasteiger partial charge is 0.352 e. The minimum Gasteiger partial charge on any atom is -0.352 e. The van der Waals surface area contributed by atoms with Crippen LogP contribution in [0.1, 0.15) is 47.3 Å². The maximum atomic E-state index is 13.2. The molecule has 1 aliphatic carbocycles. The van der Waals surface area contributed by atoms with Crippen molar-refractivity contribution in [1.82, 2.24) is 15.5 Å². The van der Waals surface area contributed by atoms with Crippen LogP contribution in [0.3, 0.4) is 0 Å². The lowest BCUT2D eigenvalue weighted by Crippen LogP contribution is -2.42. The molecule has 166 valence electrons. The number of aryl methyl sites for hydroxylation is 2. The van der Waals surface area contributed by atoms with Crippen LogP contribution < -0.4 is 16.0 Å². The molecule has 1 atom stereocenters. The lowest BCUT2D eigenvalue weighted by molar-refractivity contribution is -0.133. The van der Waals surface area contributed by atoms with Crippen molar-refractivity contribution in [2.24, 2.45) is 0 Å². The number of rotatable bonds is 6. The molecule has 32 heavy (non-hydrogen) atoms. The molecule has 4 rings (SSSR count). The lowest BCUT2D eigenvalue weighted by Gasteiger charge is -2.23. The number of nitrogens with one attached hydrogen (secondary N) is 3. The van der Waals surface area contributed by atoms with Gasteiger partial charge in [0.05, 0.1) is 0 Å². The lowest BCUT2D eigenvalue weighted by atomic mass is 9.89. The molecule has 2 aromatic carbocycles. The number of carbonyl (C=O) groups is 4. The fourth-order valence-electron chi connectivity index (χ4n) is 4.26. The zero-order chi connectivity index (χ0) is 22.9. The molecule has 1 heterocycles. The van der Waals surface area contributed by atoms with Crippen LogP contribution in [0.5, 0.6) is 0 Å². The van der Waals surface area contributed by atoms with Gasteiger partial charge < -0.3 is 16.0 Å².